The molecule has 0 fully saturated rings. The lowest BCUT2D eigenvalue weighted by Gasteiger charge is -2.28. The van der Waals surface area contributed by atoms with Gasteiger partial charge in [-0.25, -0.2) is 12.7 Å². The number of hydrogen-bond acceptors (Lipinski definition) is 3. The van der Waals surface area contributed by atoms with E-state index in [0.29, 0.717) is 0 Å². The van der Waals surface area contributed by atoms with Gasteiger partial charge in [0.1, 0.15) is 0 Å². The third kappa shape index (κ3) is 4.60. The van der Waals surface area contributed by atoms with Crippen LogP contribution in [0.25, 0.3) is 10.8 Å². The molecule has 1 N–H and O–H groups in total. The van der Waals surface area contributed by atoms with E-state index in [-0.39, 0.29) is 11.4 Å². The average molecular weight is 446 g/mol. The van der Waals surface area contributed by atoms with Crippen LogP contribution in [-0.4, -0.2) is 31.4 Å². The first-order valence-corrected chi connectivity index (χ1v) is 12.0. The van der Waals surface area contributed by atoms with Crippen LogP contribution < -0.4 is 0 Å². The Morgan fingerprint density at radius 3 is 2.09 bits per heavy atom. The van der Waals surface area contributed by atoms with E-state index in [1.165, 1.54) is 4.31 Å². The Balaban J connectivity index is 1.72. The van der Waals surface area contributed by atoms with Gasteiger partial charge in [-0.05, 0) is 41.0 Å². The molecule has 0 aromatic heterocycles. The van der Waals surface area contributed by atoms with E-state index < -0.39 is 22.0 Å². The minimum Gasteiger partial charge on any atom is -0.388 e. The third-order valence-electron chi connectivity index (χ3n) is 5.91. The summed E-state index contributed by atoms with van der Waals surface area (Å²) >= 11 is 0. The van der Waals surface area contributed by atoms with Crippen molar-refractivity contribution in [3.8, 4) is 0 Å². The molecule has 0 aliphatic rings. The molecule has 0 heterocycles. The Labute approximate surface area is 189 Å². The topological polar surface area (TPSA) is 57.6 Å². The summed E-state index contributed by atoms with van der Waals surface area (Å²) in [7, 11) is -2.12. The molecule has 4 nitrogen and oxygen atoms in total. The predicted octanol–water partition coefficient (Wildman–Crippen LogP) is 5.29. The number of likely N-dealkylation sites (N-methyl/N-ethyl adjacent to an activating group) is 1. The van der Waals surface area contributed by atoms with Crippen molar-refractivity contribution < 1.29 is 13.5 Å². The van der Waals surface area contributed by atoms with E-state index in [2.05, 4.69) is 0 Å². The molecule has 5 heteroatoms. The Morgan fingerprint density at radius 2 is 1.41 bits per heavy atom. The van der Waals surface area contributed by atoms with Gasteiger partial charge in [0.05, 0.1) is 11.0 Å². The van der Waals surface area contributed by atoms with Gasteiger partial charge in [-0.15, -0.1) is 0 Å². The molecule has 0 bridgehead atoms. The summed E-state index contributed by atoms with van der Waals surface area (Å²) in [6, 6.07) is 30.3. The quantitative estimate of drug-likeness (QED) is 0.421. The van der Waals surface area contributed by atoms with E-state index in [1.54, 1.807) is 31.3 Å². The molecular formula is C27H27NO3S. The second kappa shape index (κ2) is 9.25. The summed E-state index contributed by atoms with van der Waals surface area (Å²) in [5, 5.41) is 13.5. The number of benzene rings is 4. The van der Waals surface area contributed by atoms with Crippen molar-refractivity contribution in [3.63, 3.8) is 0 Å². The van der Waals surface area contributed by atoms with E-state index >= 15 is 0 Å². The molecule has 0 radical (unpaired) electrons. The summed E-state index contributed by atoms with van der Waals surface area (Å²) < 4.78 is 27.8. The average Bonchev–Trinajstić information content (AvgIpc) is 2.82. The molecule has 2 atom stereocenters. The summed E-state index contributed by atoms with van der Waals surface area (Å²) in [4.78, 5) is 0.247. The normalized spacial score (nSPS) is 13.9. The van der Waals surface area contributed by atoms with Crippen LogP contribution in [0.4, 0.5) is 0 Å². The standard InChI is InChI=1S/C27H27NO3S/c1-20-12-16-25(17-13-20)32(30,31)28(2)19-26(27(29)22-9-4-3-5-10-22)24-15-14-21-8-6-7-11-23(21)18-24/h3-18,26-27,29H,19H2,1-2H3/t26-,27+/m1/s1. The molecule has 4 aromatic carbocycles. The van der Waals surface area contributed by atoms with Crippen LogP contribution >= 0.6 is 0 Å². The lowest BCUT2D eigenvalue weighted by molar-refractivity contribution is 0.136. The molecule has 0 aliphatic heterocycles. The number of rotatable bonds is 7. The number of nitrogens with zero attached hydrogens (tertiary/aromatic N) is 1. The van der Waals surface area contributed by atoms with Crippen LogP contribution in [0.2, 0.25) is 0 Å². The number of aryl methyl sites for hydroxylation is 1. The summed E-state index contributed by atoms with van der Waals surface area (Å²) in [6.45, 7) is 2.07. The van der Waals surface area contributed by atoms with Gasteiger partial charge < -0.3 is 5.11 Å². The first-order valence-electron chi connectivity index (χ1n) is 10.6. The Kier molecular flexibility index (Phi) is 6.42. The van der Waals surface area contributed by atoms with Crippen molar-refractivity contribution in [2.24, 2.45) is 0 Å². The van der Waals surface area contributed by atoms with Gasteiger partial charge in [-0.3, -0.25) is 0 Å². The zero-order chi connectivity index (χ0) is 22.7. The Morgan fingerprint density at radius 1 is 0.781 bits per heavy atom. The van der Waals surface area contributed by atoms with Gasteiger partial charge in [0.25, 0.3) is 0 Å². The lowest BCUT2D eigenvalue weighted by Crippen LogP contribution is -2.33. The van der Waals surface area contributed by atoms with Gasteiger partial charge in [-0.1, -0.05) is 90.5 Å². The molecule has 0 saturated heterocycles. The maximum atomic E-state index is 13.2. The molecule has 0 saturated carbocycles. The first-order chi connectivity index (χ1) is 15.4. The molecule has 0 aliphatic carbocycles. The fourth-order valence-corrected chi connectivity index (χ4v) is 5.17. The van der Waals surface area contributed by atoms with Gasteiger partial charge in [0, 0.05) is 19.5 Å². The van der Waals surface area contributed by atoms with Crippen LogP contribution in [0.1, 0.15) is 28.7 Å². The lowest BCUT2D eigenvalue weighted by atomic mass is 9.88. The highest BCUT2D eigenvalue weighted by molar-refractivity contribution is 7.89. The zero-order valence-electron chi connectivity index (χ0n) is 18.2. The van der Waals surface area contributed by atoms with Crippen molar-refractivity contribution >= 4 is 20.8 Å². The fourth-order valence-electron chi connectivity index (χ4n) is 3.97. The second-order valence-corrected chi connectivity index (χ2v) is 10.2. The van der Waals surface area contributed by atoms with Crippen LogP contribution in [0, 0.1) is 6.92 Å². The van der Waals surface area contributed by atoms with E-state index in [9.17, 15) is 13.5 Å². The minimum absolute atomic E-state index is 0.143. The predicted molar refractivity (Wildman–Crippen MR) is 129 cm³/mol. The molecule has 0 spiro atoms. The number of aliphatic hydroxyl groups is 1. The molecule has 164 valence electrons. The number of fused-ring (bicyclic) bond motifs is 1. The highest BCUT2D eigenvalue weighted by Gasteiger charge is 2.29. The van der Waals surface area contributed by atoms with Crippen LogP contribution in [0.5, 0.6) is 0 Å². The van der Waals surface area contributed by atoms with Crippen molar-refractivity contribution in [3.05, 3.63) is 114 Å². The summed E-state index contributed by atoms with van der Waals surface area (Å²) in [6.07, 6.45) is -0.854. The fraction of sp³-hybridized carbons (Fsp3) is 0.185. The highest BCUT2D eigenvalue weighted by atomic mass is 32.2. The van der Waals surface area contributed by atoms with Gasteiger partial charge >= 0.3 is 0 Å². The number of sulfonamides is 1. The van der Waals surface area contributed by atoms with Crippen molar-refractivity contribution in [1.82, 2.24) is 4.31 Å². The molecule has 0 unspecified atom stereocenters. The van der Waals surface area contributed by atoms with Crippen molar-refractivity contribution in [2.75, 3.05) is 13.6 Å². The molecular weight excluding hydrogens is 418 g/mol. The largest absolute Gasteiger partial charge is 0.388 e. The SMILES string of the molecule is Cc1ccc(S(=O)(=O)N(C)C[C@H](c2ccc3ccccc3c2)[C@@H](O)c2ccccc2)cc1. The van der Waals surface area contributed by atoms with Crippen LogP contribution in [0.15, 0.2) is 102 Å². The van der Waals surface area contributed by atoms with Crippen LogP contribution in [0.3, 0.4) is 0 Å². The monoisotopic (exact) mass is 445 g/mol. The van der Waals surface area contributed by atoms with Gasteiger partial charge in [0.15, 0.2) is 0 Å². The summed E-state index contributed by atoms with van der Waals surface area (Å²) in [5.41, 5.74) is 2.65. The zero-order valence-corrected chi connectivity index (χ0v) is 19.0. The Bertz CT molecular complexity index is 1300. The van der Waals surface area contributed by atoms with E-state index in [0.717, 1.165) is 27.5 Å². The highest BCUT2D eigenvalue weighted by Crippen LogP contribution is 2.34. The molecule has 0 amide bonds. The van der Waals surface area contributed by atoms with Crippen LogP contribution in [-0.2, 0) is 10.0 Å². The van der Waals surface area contributed by atoms with Gasteiger partial charge in [-0.2, -0.15) is 0 Å². The smallest absolute Gasteiger partial charge is 0.242 e. The number of aliphatic hydroxyl groups excluding tert-OH is 1. The summed E-state index contributed by atoms with van der Waals surface area (Å²) in [5.74, 6) is -0.438. The molecule has 32 heavy (non-hydrogen) atoms. The van der Waals surface area contributed by atoms with E-state index in [1.807, 2.05) is 79.7 Å². The number of hydrogen-bond donors (Lipinski definition) is 1. The van der Waals surface area contributed by atoms with Crippen molar-refractivity contribution in [2.45, 2.75) is 23.8 Å². The molecule has 4 rings (SSSR count). The second-order valence-electron chi connectivity index (χ2n) is 8.17. The maximum absolute atomic E-state index is 13.2. The van der Waals surface area contributed by atoms with Gasteiger partial charge in [0.2, 0.25) is 10.0 Å². The first kappa shape index (κ1) is 22.2. The minimum atomic E-state index is -3.69. The van der Waals surface area contributed by atoms with Crippen molar-refractivity contribution in [1.29, 1.82) is 0 Å². The van der Waals surface area contributed by atoms with E-state index in [4.69, 9.17) is 0 Å². The maximum Gasteiger partial charge on any atom is 0.242 e. The Hall–Kier alpha value is -2.99. The third-order valence-corrected chi connectivity index (χ3v) is 7.74. The molecule has 4 aromatic rings.